The highest BCUT2D eigenvalue weighted by molar-refractivity contribution is 7.88. The number of piperidine rings is 2. The van der Waals surface area contributed by atoms with Crippen LogP contribution in [0.4, 0.5) is 0 Å². The average Bonchev–Trinajstić information content (AvgIpc) is 2.67. The van der Waals surface area contributed by atoms with Gasteiger partial charge in [0.25, 0.3) is 5.88 Å². The molecule has 0 aromatic carbocycles. The maximum Gasteiger partial charge on any atom is 0.251 e. The van der Waals surface area contributed by atoms with Crippen molar-refractivity contribution in [3.63, 3.8) is 0 Å². The van der Waals surface area contributed by atoms with Crippen LogP contribution in [0.25, 0.3) is 0 Å². The number of carbonyl (C=O) groups excluding carboxylic acids is 1. The summed E-state index contributed by atoms with van der Waals surface area (Å²) in [4.78, 5) is 22.6. The Bertz CT molecular complexity index is 830. The monoisotopic (exact) mass is 393 g/mol. The van der Waals surface area contributed by atoms with Crippen LogP contribution in [0.1, 0.15) is 31.4 Å². The fraction of sp³-hybridized carbons (Fsp3) is 0.647. The molecule has 1 atom stereocenters. The number of rotatable bonds is 4. The number of hydrogen-bond acceptors (Lipinski definition) is 7. The van der Waals surface area contributed by atoms with Gasteiger partial charge >= 0.3 is 0 Å². The van der Waals surface area contributed by atoms with Gasteiger partial charge in [-0.3, -0.25) is 4.79 Å². The minimum Gasteiger partial charge on any atom is -0.470 e. The van der Waals surface area contributed by atoms with Crippen molar-refractivity contribution in [3.05, 3.63) is 18.1 Å². The van der Waals surface area contributed by atoms with Crippen molar-refractivity contribution < 1.29 is 17.9 Å². The molecule has 1 aromatic rings. The fourth-order valence-electron chi connectivity index (χ4n) is 3.57. The maximum atomic E-state index is 12.9. The maximum absolute atomic E-state index is 12.9. The van der Waals surface area contributed by atoms with E-state index in [1.54, 1.807) is 4.90 Å². The summed E-state index contributed by atoms with van der Waals surface area (Å²) in [5.74, 6) is 0.0878. The minimum absolute atomic E-state index is 0.0519. The van der Waals surface area contributed by atoms with E-state index in [0.717, 1.165) is 12.8 Å². The van der Waals surface area contributed by atoms with E-state index in [-0.39, 0.29) is 29.5 Å². The average molecular weight is 393 g/mol. The molecule has 2 aliphatic rings. The molecule has 2 fully saturated rings. The van der Waals surface area contributed by atoms with Crippen LogP contribution in [0.3, 0.4) is 0 Å². The van der Waals surface area contributed by atoms with Gasteiger partial charge in [-0.25, -0.2) is 22.7 Å². The molecule has 0 radical (unpaired) electrons. The predicted molar refractivity (Wildman–Crippen MR) is 96.1 cm³/mol. The van der Waals surface area contributed by atoms with Crippen LogP contribution in [0, 0.1) is 17.2 Å². The highest BCUT2D eigenvalue weighted by Crippen LogP contribution is 2.24. The van der Waals surface area contributed by atoms with Crippen LogP contribution >= 0.6 is 0 Å². The lowest BCUT2D eigenvalue weighted by Gasteiger charge is -2.37. The van der Waals surface area contributed by atoms with Gasteiger partial charge in [-0.1, -0.05) is 0 Å². The van der Waals surface area contributed by atoms with E-state index >= 15 is 0 Å². The quantitative estimate of drug-likeness (QED) is 0.726. The Morgan fingerprint density at radius 2 is 1.93 bits per heavy atom. The van der Waals surface area contributed by atoms with Crippen molar-refractivity contribution in [2.24, 2.45) is 5.92 Å². The lowest BCUT2D eigenvalue weighted by atomic mass is 9.95. The Kier molecular flexibility index (Phi) is 5.92. The first-order valence-corrected chi connectivity index (χ1v) is 10.8. The number of likely N-dealkylation sites (tertiary alicyclic amines) is 1. The van der Waals surface area contributed by atoms with Crippen molar-refractivity contribution in [1.29, 1.82) is 5.26 Å². The van der Waals surface area contributed by atoms with E-state index in [1.165, 1.54) is 23.0 Å². The number of nitrogens with zero attached hydrogens (tertiary/aromatic N) is 5. The molecule has 0 spiro atoms. The van der Waals surface area contributed by atoms with E-state index in [0.29, 0.717) is 39.0 Å². The number of carbonyl (C=O) groups is 1. The van der Waals surface area contributed by atoms with Crippen LogP contribution in [-0.2, 0) is 14.8 Å². The van der Waals surface area contributed by atoms with E-state index in [2.05, 4.69) is 9.97 Å². The van der Waals surface area contributed by atoms with Crippen LogP contribution in [0.15, 0.2) is 12.4 Å². The molecule has 1 aromatic heterocycles. The zero-order valence-corrected chi connectivity index (χ0v) is 16.1. The molecule has 3 rings (SSSR count). The number of sulfonamides is 1. The molecule has 2 saturated heterocycles. The third-order valence-corrected chi connectivity index (χ3v) is 6.31. The van der Waals surface area contributed by atoms with Gasteiger partial charge < -0.3 is 9.64 Å². The summed E-state index contributed by atoms with van der Waals surface area (Å²) in [5, 5.41) is 9.09. The van der Waals surface area contributed by atoms with Crippen molar-refractivity contribution in [1.82, 2.24) is 19.2 Å². The number of ether oxygens (including phenoxy) is 1. The molecule has 0 unspecified atom stereocenters. The standard InChI is InChI=1S/C17H23N5O4S/c1-27(24,25)22-9-4-13(5-10-22)17(23)21-8-2-3-14(12-21)26-16-15(11-18)19-6-7-20-16/h6-7,13-14H,2-5,8-10,12H2,1H3/t14-/m1/s1. The Morgan fingerprint density at radius 1 is 1.22 bits per heavy atom. The first kappa shape index (κ1) is 19.5. The third kappa shape index (κ3) is 4.73. The summed E-state index contributed by atoms with van der Waals surface area (Å²) >= 11 is 0. The number of amides is 1. The van der Waals surface area contributed by atoms with Crippen molar-refractivity contribution >= 4 is 15.9 Å². The van der Waals surface area contributed by atoms with Gasteiger partial charge in [-0.05, 0) is 25.7 Å². The van der Waals surface area contributed by atoms with Gasteiger partial charge in [-0.2, -0.15) is 5.26 Å². The zero-order chi connectivity index (χ0) is 19.4. The molecule has 27 heavy (non-hydrogen) atoms. The third-order valence-electron chi connectivity index (χ3n) is 5.01. The highest BCUT2D eigenvalue weighted by Gasteiger charge is 2.34. The first-order valence-electron chi connectivity index (χ1n) is 9.00. The Morgan fingerprint density at radius 3 is 2.59 bits per heavy atom. The molecule has 9 nitrogen and oxygen atoms in total. The van der Waals surface area contributed by atoms with E-state index in [1.807, 2.05) is 6.07 Å². The van der Waals surface area contributed by atoms with Gasteiger partial charge in [0.15, 0.2) is 0 Å². The molecule has 10 heteroatoms. The summed E-state index contributed by atoms with van der Waals surface area (Å²) in [6.45, 7) is 1.87. The van der Waals surface area contributed by atoms with Crippen molar-refractivity contribution in [3.8, 4) is 11.9 Å². The molecule has 0 aliphatic carbocycles. The Labute approximate surface area is 159 Å². The van der Waals surface area contributed by atoms with E-state index in [4.69, 9.17) is 10.00 Å². The van der Waals surface area contributed by atoms with Crippen LogP contribution < -0.4 is 4.74 Å². The summed E-state index contributed by atoms with van der Waals surface area (Å²) < 4.78 is 30.5. The predicted octanol–water partition coefficient (Wildman–Crippen LogP) is 0.390. The Balaban J connectivity index is 1.58. The summed E-state index contributed by atoms with van der Waals surface area (Å²) in [6.07, 6.45) is 6.53. The van der Waals surface area contributed by atoms with Gasteiger partial charge in [0.2, 0.25) is 21.6 Å². The number of aromatic nitrogens is 2. The second-order valence-corrected chi connectivity index (χ2v) is 8.91. The lowest BCUT2D eigenvalue weighted by molar-refractivity contribution is -0.139. The van der Waals surface area contributed by atoms with Gasteiger partial charge in [0, 0.05) is 37.9 Å². The van der Waals surface area contributed by atoms with Crippen LogP contribution in [0.5, 0.6) is 5.88 Å². The van der Waals surface area contributed by atoms with Crippen molar-refractivity contribution in [2.45, 2.75) is 31.8 Å². The minimum atomic E-state index is -3.20. The molecule has 0 saturated carbocycles. The van der Waals surface area contributed by atoms with Gasteiger partial charge in [0.1, 0.15) is 12.2 Å². The Hall–Kier alpha value is -2.25. The highest BCUT2D eigenvalue weighted by atomic mass is 32.2. The normalized spacial score (nSPS) is 22.2. The van der Waals surface area contributed by atoms with E-state index in [9.17, 15) is 13.2 Å². The van der Waals surface area contributed by atoms with E-state index < -0.39 is 10.0 Å². The van der Waals surface area contributed by atoms with Crippen LogP contribution in [-0.4, -0.2) is 72.0 Å². The topological polar surface area (TPSA) is 116 Å². The molecule has 0 N–H and O–H groups in total. The lowest BCUT2D eigenvalue weighted by Crippen LogP contribution is -2.49. The van der Waals surface area contributed by atoms with Crippen LogP contribution in [0.2, 0.25) is 0 Å². The largest absolute Gasteiger partial charge is 0.470 e. The molecular formula is C17H23N5O4S. The number of nitriles is 1. The van der Waals surface area contributed by atoms with Crippen molar-refractivity contribution in [2.75, 3.05) is 32.4 Å². The first-order chi connectivity index (χ1) is 12.9. The molecule has 0 bridgehead atoms. The van der Waals surface area contributed by atoms with Gasteiger partial charge in [-0.15, -0.1) is 0 Å². The SMILES string of the molecule is CS(=O)(=O)N1CCC(C(=O)N2CCC[C@@H](Oc3nccnc3C#N)C2)CC1. The zero-order valence-electron chi connectivity index (χ0n) is 15.2. The second kappa shape index (κ2) is 8.19. The molecule has 146 valence electrons. The smallest absolute Gasteiger partial charge is 0.251 e. The molecule has 2 aliphatic heterocycles. The molecule has 3 heterocycles. The molecule has 1 amide bonds. The second-order valence-electron chi connectivity index (χ2n) is 6.92. The van der Waals surface area contributed by atoms with Gasteiger partial charge in [0.05, 0.1) is 12.8 Å². The number of hydrogen-bond donors (Lipinski definition) is 0. The summed E-state index contributed by atoms with van der Waals surface area (Å²) in [7, 11) is -3.20. The summed E-state index contributed by atoms with van der Waals surface area (Å²) in [5.41, 5.74) is 0.133. The fourth-order valence-corrected chi connectivity index (χ4v) is 4.45. The summed E-state index contributed by atoms with van der Waals surface area (Å²) in [6, 6.07) is 1.95. The molecular weight excluding hydrogens is 370 g/mol.